The van der Waals surface area contributed by atoms with Gasteiger partial charge >= 0.3 is 0 Å². The van der Waals surface area contributed by atoms with Gasteiger partial charge in [-0.25, -0.2) is 8.42 Å². The highest BCUT2D eigenvalue weighted by Gasteiger charge is 2.28. The molecule has 6 heteroatoms. The maximum absolute atomic E-state index is 11.8. The molecule has 2 aliphatic rings. The first-order chi connectivity index (χ1) is 10.0. The molecular formula is C15H20BrNO3S. The zero-order valence-electron chi connectivity index (χ0n) is 11.8. The molecule has 4 nitrogen and oxygen atoms in total. The van der Waals surface area contributed by atoms with Crippen LogP contribution in [0.5, 0.6) is 5.75 Å². The molecule has 0 saturated carbocycles. The van der Waals surface area contributed by atoms with Crippen LogP contribution >= 0.6 is 15.9 Å². The quantitative estimate of drug-likeness (QED) is 0.865. The minimum atomic E-state index is -2.88. The van der Waals surface area contributed by atoms with E-state index in [1.54, 1.807) is 0 Å². The summed E-state index contributed by atoms with van der Waals surface area (Å²) in [7, 11) is -2.88. The lowest BCUT2D eigenvalue weighted by Crippen LogP contribution is -2.41. The zero-order chi connectivity index (χ0) is 14.9. The summed E-state index contributed by atoms with van der Waals surface area (Å²) < 4.78 is 30.4. The minimum Gasteiger partial charge on any atom is -0.493 e. The maximum Gasteiger partial charge on any atom is 0.151 e. The highest BCUT2D eigenvalue weighted by atomic mass is 79.9. The molecule has 2 aliphatic heterocycles. The molecule has 1 fully saturated rings. The fourth-order valence-electron chi connectivity index (χ4n) is 3.16. The van der Waals surface area contributed by atoms with E-state index in [0.29, 0.717) is 12.4 Å². The molecular weight excluding hydrogens is 354 g/mol. The Bertz CT molecular complexity index is 617. The highest BCUT2D eigenvalue weighted by molar-refractivity contribution is 9.10. The van der Waals surface area contributed by atoms with Crippen LogP contribution in [0.1, 0.15) is 37.3 Å². The number of rotatable bonds is 2. The molecule has 2 heterocycles. The van der Waals surface area contributed by atoms with E-state index in [0.717, 1.165) is 41.5 Å². The summed E-state index contributed by atoms with van der Waals surface area (Å²) in [6.45, 7) is 0.713. The van der Waals surface area contributed by atoms with E-state index in [2.05, 4.69) is 27.3 Å². The van der Waals surface area contributed by atoms with Gasteiger partial charge in [0.2, 0.25) is 0 Å². The Morgan fingerprint density at radius 1 is 1.24 bits per heavy atom. The number of hydrogen-bond donors (Lipinski definition) is 1. The third kappa shape index (κ3) is 3.79. The van der Waals surface area contributed by atoms with Crippen LogP contribution in [0.3, 0.4) is 0 Å². The monoisotopic (exact) mass is 373 g/mol. The van der Waals surface area contributed by atoms with E-state index in [9.17, 15) is 8.42 Å². The minimum absolute atomic E-state index is 0.0587. The molecule has 3 rings (SSSR count). The average Bonchev–Trinajstić information content (AvgIpc) is 2.60. The summed E-state index contributed by atoms with van der Waals surface area (Å²) in [5, 5.41) is 3.55. The Balaban J connectivity index is 1.79. The van der Waals surface area contributed by atoms with Crippen molar-refractivity contribution in [1.82, 2.24) is 5.32 Å². The summed E-state index contributed by atoms with van der Waals surface area (Å²) in [6.07, 6.45) is 3.65. The third-order valence-corrected chi connectivity index (χ3v) is 6.46. The molecule has 1 aromatic carbocycles. The van der Waals surface area contributed by atoms with Crippen LogP contribution in [0, 0.1) is 0 Å². The smallest absolute Gasteiger partial charge is 0.151 e. The third-order valence-electron chi connectivity index (χ3n) is 4.15. The van der Waals surface area contributed by atoms with Crippen molar-refractivity contribution in [2.45, 2.75) is 37.8 Å². The lowest BCUT2D eigenvalue weighted by atomic mass is 10.0. The Morgan fingerprint density at radius 2 is 2.10 bits per heavy atom. The topological polar surface area (TPSA) is 55.4 Å². The van der Waals surface area contributed by atoms with Gasteiger partial charge in [-0.15, -0.1) is 0 Å². The van der Waals surface area contributed by atoms with E-state index < -0.39 is 9.84 Å². The van der Waals surface area contributed by atoms with Gasteiger partial charge in [-0.2, -0.15) is 0 Å². The maximum atomic E-state index is 11.8. The molecule has 1 saturated heterocycles. The Morgan fingerprint density at radius 3 is 2.90 bits per heavy atom. The molecule has 0 radical (unpaired) electrons. The number of halogens is 1. The van der Waals surface area contributed by atoms with E-state index in [-0.39, 0.29) is 17.8 Å². The predicted octanol–water partition coefficient (Wildman–Crippen LogP) is 2.83. The van der Waals surface area contributed by atoms with Crippen molar-refractivity contribution in [3.8, 4) is 5.75 Å². The van der Waals surface area contributed by atoms with Crippen LogP contribution in [0.2, 0.25) is 0 Å². The second-order valence-corrected chi connectivity index (χ2v) is 8.99. The van der Waals surface area contributed by atoms with E-state index in [1.165, 1.54) is 0 Å². The number of fused-ring (bicyclic) bond motifs is 1. The highest BCUT2D eigenvalue weighted by Crippen LogP contribution is 2.34. The van der Waals surface area contributed by atoms with Gasteiger partial charge in [0.15, 0.2) is 9.84 Å². The second-order valence-electron chi connectivity index (χ2n) is 5.85. The number of ether oxygens (including phenoxy) is 1. The molecule has 0 spiro atoms. The van der Waals surface area contributed by atoms with E-state index >= 15 is 0 Å². The summed E-state index contributed by atoms with van der Waals surface area (Å²) in [5.41, 5.74) is 1.14. The van der Waals surface area contributed by atoms with Gasteiger partial charge in [0.05, 0.1) is 18.1 Å². The number of sulfone groups is 1. The number of benzene rings is 1. The Hall–Kier alpha value is -0.590. The lowest BCUT2D eigenvalue weighted by molar-refractivity contribution is 0.314. The Kier molecular flexibility index (Phi) is 4.57. The second kappa shape index (κ2) is 6.26. The fraction of sp³-hybridized carbons (Fsp3) is 0.600. The number of nitrogens with one attached hydrogen (secondary N) is 1. The molecule has 0 bridgehead atoms. The predicted molar refractivity (Wildman–Crippen MR) is 86.4 cm³/mol. The fourth-order valence-corrected chi connectivity index (χ4v) is 5.15. The standard InChI is InChI=1S/C15H20BrNO3S/c16-11-5-6-13-14(4-1-7-20-15(13)9-11)17-12-3-2-8-21(18,19)10-12/h5-6,9,12,14,17H,1-4,7-8,10H2. The molecule has 2 atom stereocenters. The van der Waals surface area contributed by atoms with Crippen molar-refractivity contribution < 1.29 is 13.2 Å². The SMILES string of the molecule is O=S1(=O)CCCC(NC2CCCOc3cc(Br)ccc32)C1. The van der Waals surface area contributed by atoms with E-state index in [4.69, 9.17) is 4.74 Å². The van der Waals surface area contributed by atoms with Gasteiger partial charge in [0.1, 0.15) is 5.75 Å². The van der Waals surface area contributed by atoms with E-state index in [1.807, 2.05) is 12.1 Å². The van der Waals surface area contributed by atoms with Crippen LogP contribution in [0.15, 0.2) is 22.7 Å². The normalized spacial score (nSPS) is 28.2. The average molecular weight is 374 g/mol. The van der Waals surface area contributed by atoms with Gasteiger partial charge < -0.3 is 10.1 Å². The number of hydrogen-bond acceptors (Lipinski definition) is 4. The molecule has 2 unspecified atom stereocenters. The van der Waals surface area contributed by atoms with Crippen molar-refractivity contribution in [2.24, 2.45) is 0 Å². The first-order valence-electron chi connectivity index (χ1n) is 7.42. The first-order valence-corrected chi connectivity index (χ1v) is 10.0. The Labute approximate surface area is 134 Å². The van der Waals surface area contributed by atoms with Crippen molar-refractivity contribution in [3.63, 3.8) is 0 Å². The van der Waals surface area contributed by atoms with Gasteiger partial charge in [-0.1, -0.05) is 22.0 Å². The molecule has 0 amide bonds. The lowest BCUT2D eigenvalue weighted by Gasteiger charge is -2.28. The molecule has 1 N–H and O–H groups in total. The van der Waals surface area contributed by atoms with Crippen molar-refractivity contribution in [2.75, 3.05) is 18.1 Å². The first kappa shape index (κ1) is 15.3. The molecule has 0 aromatic heterocycles. The van der Waals surface area contributed by atoms with Crippen molar-refractivity contribution in [3.05, 3.63) is 28.2 Å². The van der Waals surface area contributed by atoms with Crippen LogP contribution in [0.25, 0.3) is 0 Å². The molecule has 1 aromatic rings. The zero-order valence-corrected chi connectivity index (χ0v) is 14.2. The van der Waals surface area contributed by atoms with Gasteiger partial charge in [-0.05, 0) is 37.8 Å². The van der Waals surface area contributed by atoms with Crippen molar-refractivity contribution >= 4 is 25.8 Å². The van der Waals surface area contributed by atoms with Crippen molar-refractivity contribution in [1.29, 1.82) is 0 Å². The van der Waals surface area contributed by atoms with Gasteiger partial charge in [0.25, 0.3) is 0 Å². The van der Waals surface area contributed by atoms with Crippen LogP contribution in [-0.4, -0.2) is 32.6 Å². The molecule has 116 valence electrons. The summed E-state index contributed by atoms with van der Waals surface area (Å²) in [6, 6.07) is 6.31. The van der Waals surface area contributed by atoms with Crippen LogP contribution in [0.4, 0.5) is 0 Å². The summed E-state index contributed by atoms with van der Waals surface area (Å²) in [5.74, 6) is 1.50. The molecule has 0 aliphatic carbocycles. The van der Waals surface area contributed by atoms with Gasteiger partial charge in [0, 0.05) is 22.1 Å². The van der Waals surface area contributed by atoms with Gasteiger partial charge in [-0.3, -0.25) is 0 Å². The van der Waals surface area contributed by atoms with Crippen LogP contribution in [-0.2, 0) is 9.84 Å². The molecule has 21 heavy (non-hydrogen) atoms. The summed E-state index contributed by atoms with van der Waals surface area (Å²) >= 11 is 3.47. The van der Waals surface area contributed by atoms with Crippen LogP contribution < -0.4 is 10.1 Å². The largest absolute Gasteiger partial charge is 0.493 e. The summed E-state index contributed by atoms with van der Waals surface area (Å²) in [4.78, 5) is 0.